The Bertz CT molecular complexity index is 1200. The first-order valence-corrected chi connectivity index (χ1v) is 10.8. The predicted molar refractivity (Wildman–Crippen MR) is 130 cm³/mol. The highest BCUT2D eigenvalue weighted by atomic mass is 79.9. The average molecular weight is 512 g/mol. The molecular formula is C25H20BrClN2O3. The molecule has 3 rings (SSSR count). The Hall–Kier alpha value is -3.27. The summed E-state index contributed by atoms with van der Waals surface area (Å²) in [4.78, 5) is 12.5. The fourth-order valence-corrected chi connectivity index (χ4v) is 3.26. The molecule has 0 fully saturated rings. The normalized spacial score (nSPS) is 10.9. The second-order valence-electron chi connectivity index (χ2n) is 6.91. The number of nitrogens with one attached hydrogen (secondary N) is 1. The van der Waals surface area contributed by atoms with E-state index in [0.717, 1.165) is 15.6 Å². The molecule has 0 saturated heterocycles. The van der Waals surface area contributed by atoms with Gasteiger partial charge in [0.2, 0.25) is 0 Å². The molecule has 1 N–H and O–H groups in total. The van der Waals surface area contributed by atoms with E-state index in [1.165, 1.54) is 13.2 Å². The Morgan fingerprint density at radius 3 is 2.53 bits per heavy atom. The summed E-state index contributed by atoms with van der Waals surface area (Å²) in [5.74, 6) is 0.533. The first-order chi connectivity index (χ1) is 15.4. The van der Waals surface area contributed by atoms with Crippen LogP contribution in [-0.2, 0) is 11.4 Å². The molecule has 0 saturated carbocycles. The van der Waals surface area contributed by atoms with Crippen molar-refractivity contribution in [2.24, 2.45) is 0 Å². The van der Waals surface area contributed by atoms with Crippen LogP contribution >= 0.6 is 27.5 Å². The van der Waals surface area contributed by atoms with E-state index in [4.69, 9.17) is 21.1 Å². The summed E-state index contributed by atoms with van der Waals surface area (Å²) in [7, 11) is 1.54. The number of halogens is 2. The number of carbonyl (C=O) groups is 1. The molecule has 0 aliphatic carbocycles. The quantitative estimate of drug-likeness (QED) is 0.289. The van der Waals surface area contributed by atoms with Crippen LogP contribution in [0.3, 0.4) is 0 Å². The van der Waals surface area contributed by atoms with Gasteiger partial charge in [-0.2, -0.15) is 5.26 Å². The van der Waals surface area contributed by atoms with Crippen molar-refractivity contribution in [3.8, 4) is 17.6 Å². The highest BCUT2D eigenvalue weighted by Crippen LogP contribution is 2.30. The summed E-state index contributed by atoms with van der Waals surface area (Å²) < 4.78 is 12.3. The van der Waals surface area contributed by atoms with Crippen molar-refractivity contribution in [2.45, 2.75) is 13.5 Å². The van der Waals surface area contributed by atoms with E-state index in [9.17, 15) is 10.1 Å². The molecule has 0 unspecified atom stereocenters. The molecule has 32 heavy (non-hydrogen) atoms. The monoisotopic (exact) mass is 510 g/mol. The number of hydrogen-bond acceptors (Lipinski definition) is 4. The molecule has 1 amide bonds. The molecule has 0 aromatic heterocycles. The maximum absolute atomic E-state index is 12.5. The molecule has 162 valence electrons. The van der Waals surface area contributed by atoms with Gasteiger partial charge in [0, 0.05) is 15.2 Å². The fourth-order valence-electron chi connectivity index (χ4n) is 2.82. The van der Waals surface area contributed by atoms with Gasteiger partial charge in [0.25, 0.3) is 5.91 Å². The van der Waals surface area contributed by atoms with Crippen LogP contribution in [0, 0.1) is 18.3 Å². The van der Waals surface area contributed by atoms with Crippen LogP contribution in [0.4, 0.5) is 5.69 Å². The van der Waals surface area contributed by atoms with Crippen molar-refractivity contribution in [3.63, 3.8) is 0 Å². The van der Waals surface area contributed by atoms with E-state index >= 15 is 0 Å². The molecule has 3 aromatic rings. The number of methoxy groups -OCH3 is 1. The van der Waals surface area contributed by atoms with Gasteiger partial charge >= 0.3 is 0 Å². The standard InChI is InChI=1S/C25H20BrClN2O3/c1-16-3-9-21(13-22(16)27)29-25(30)19(14-28)11-18-6-10-23(24(12-18)31-2)32-15-17-4-7-20(26)8-5-17/h3-13H,15H2,1-2H3,(H,29,30)/b19-11+. The summed E-state index contributed by atoms with van der Waals surface area (Å²) >= 11 is 9.51. The van der Waals surface area contributed by atoms with Crippen LogP contribution < -0.4 is 14.8 Å². The van der Waals surface area contributed by atoms with E-state index in [0.29, 0.717) is 34.4 Å². The second kappa shape index (κ2) is 10.9. The van der Waals surface area contributed by atoms with Gasteiger partial charge in [-0.25, -0.2) is 0 Å². The predicted octanol–water partition coefficient (Wildman–Crippen LogP) is 6.54. The topological polar surface area (TPSA) is 71.3 Å². The molecule has 0 radical (unpaired) electrons. The smallest absolute Gasteiger partial charge is 0.266 e. The Labute approximate surface area is 200 Å². The highest BCUT2D eigenvalue weighted by Gasteiger charge is 2.12. The van der Waals surface area contributed by atoms with Gasteiger partial charge in [-0.3, -0.25) is 4.79 Å². The molecule has 3 aromatic carbocycles. The number of anilines is 1. The van der Waals surface area contributed by atoms with Gasteiger partial charge in [0.1, 0.15) is 18.2 Å². The summed E-state index contributed by atoms with van der Waals surface area (Å²) in [6.45, 7) is 2.25. The molecule has 0 aliphatic heterocycles. The van der Waals surface area contributed by atoms with Gasteiger partial charge in [-0.1, -0.05) is 51.8 Å². The van der Waals surface area contributed by atoms with Crippen molar-refractivity contribution in [2.75, 3.05) is 12.4 Å². The highest BCUT2D eigenvalue weighted by molar-refractivity contribution is 9.10. The Kier molecular flexibility index (Phi) is 7.93. The maximum atomic E-state index is 12.5. The molecule has 0 heterocycles. The van der Waals surface area contributed by atoms with Crippen molar-refractivity contribution in [1.82, 2.24) is 0 Å². The molecule has 0 aliphatic rings. The van der Waals surface area contributed by atoms with E-state index in [1.54, 1.807) is 36.4 Å². The molecular weight excluding hydrogens is 492 g/mol. The van der Waals surface area contributed by atoms with E-state index < -0.39 is 5.91 Å². The second-order valence-corrected chi connectivity index (χ2v) is 8.24. The number of aryl methyl sites for hydroxylation is 1. The average Bonchev–Trinajstić information content (AvgIpc) is 2.79. The van der Waals surface area contributed by atoms with Crippen LogP contribution in [0.2, 0.25) is 5.02 Å². The summed E-state index contributed by atoms with van der Waals surface area (Å²) in [5, 5.41) is 12.7. The number of carbonyl (C=O) groups excluding carboxylic acids is 1. The van der Waals surface area contributed by atoms with Gasteiger partial charge < -0.3 is 14.8 Å². The molecule has 5 nitrogen and oxygen atoms in total. The lowest BCUT2D eigenvalue weighted by Crippen LogP contribution is -2.13. The minimum Gasteiger partial charge on any atom is -0.493 e. The largest absolute Gasteiger partial charge is 0.493 e. The lowest BCUT2D eigenvalue weighted by atomic mass is 10.1. The van der Waals surface area contributed by atoms with Gasteiger partial charge in [0.05, 0.1) is 7.11 Å². The van der Waals surface area contributed by atoms with E-state index in [2.05, 4.69) is 21.2 Å². The van der Waals surface area contributed by atoms with E-state index in [-0.39, 0.29) is 5.57 Å². The summed E-state index contributed by atoms with van der Waals surface area (Å²) in [6.07, 6.45) is 1.49. The molecule has 7 heteroatoms. The van der Waals surface area contributed by atoms with Crippen molar-refractivity contribution < 1.29 is 14.3 Å². The zero-order chi connectivity index (χ0) is 23.1. The van der Waals surface area contributed by atoms with Crippen LogP contribution in [0.5, 0.6) is 11.5 Å². The van der Waals surface area contributed by atoms with Crippen molar-refractivity contribution in [3.05, 3.63) is 92.4 Å². The fraction of sp³-hybridized carbons (Fsp3) is 0.120. The number of hydrogen-bond donors (Lipinski definition) is 1. The number of ether oxygens (including phenoxy) is 2. The summed E-state index contributed by atoms with van der Waals surface area (Å²) in [5.41, 5.74) is 3.01. The van der Waals surface area contributed by atoms with Gasteiger partial charge in [-0.05, 0) is 66.1 Å². The van der Waals surface area contributed by atoms with Crippen LogP contribution in [0.1, 0.15) is 16.7 Å². The lowest BCUT2D eigenvalue weighted by Gasteiger charge is -2.12. The van der Waals surface area contributed by atoms with E-state index in [1.807, 2.05) is 37.3 Å². The zero-order valence-corrected chi connectivity index (χ0v) is 19.8. The summed E-state index contributed by atoms with van der Waals surface area (Å²) in [6, 6.07) is 20.2. The maximum Gasteiger partial charge on any atom is 0.266 e. The number of amides is 1. The van der Waals surface area contributed by atoms with Crippen LogP contribution in [-0.4, -0.2) is 13.0 Å². The number of rotatable bonds is 7. The Morgan fingerprint density at radius 1 is 1.12 bits per heavy atom. The van der Waals surface area contributed by atoms with Crippen molar-refractivity contribution in [1.29, 1.82) is 5.26 Å². The Morgan fingerprint density at radius 2 is 1.88 bits per heavy atom. The number of benzene rings is 3. The van der Waals surface area contributed by atoms with Crippen molar-refractivity contribution >= 4 is 45.2 Å². The first kappa shape index (κ1) is 23.4. The zero-order valence-electron chi connectivity index (χ0n) is 17.5. The minimum absolute atomic E-state index is 0.0488. The number of nitrogens with zero attached hydrogens (tertiary/aromatic N) is 1. The van der Waals surface area contributed by atoms with Crippen LogP contribution in [0.25, 0.3) is 6.08 Å². The lowest BCUT2D eigenvalue weighted by molar-refractivity contribution is -0.112. The molecule has 0 bridgehead atoms. The number of nitriles is 1. The Balaban J connectivity index is 1.75. The van der Waals surface area contributed by atoms with Crippen LogP contribution in [0.15, 0.2) is 70.7 Å². The van der Waals surface area contributed by atoms with Gasteiger partial charge in [0.15, 0.2) is 11.5 Å². The molecule has 0 atom stereocenters. The first-order valence-electron chi connectivity index (χ1n) is 9.64. The third-order valence-corrected chi connectivity index (χ3v) is 5.54. The SMILES string of the molecule is COc1cc(/C=C(\C#N)C(=O)Nc2ccc(C)c(Cl)c2)ccc1OCc1ccc(Br)cc1. The third-order valence-electron chi connectivity index (χ3n) is 4.60. The van der Waals surface area contributed by atoms with Gasteiger partial charge in [-0.15, -0.1) is 0 Å². The third kappa shape index (κ3) is 6.13. The minimum atomic E-state index is -0.526. The molecule has 0 spiro atoms.